The van der Waals surface area contributed by atoms with Crippen molar-refractivity contribution in [3.05, 3.63) is 71.8 Å². The van der Waals surface area contributed by atoms with Gasteiger partial charge < -0.3 is 20.5 Å². The number of hydrogen-bond donors (Lipinski definition) is 3. The van der Waals surface area contributed by atoms with Crippen LogP contribution in [0, 0.1) is 0 Å². The number of hydrogen-bond acceptors (Lipinski definition) is 6. The summed E-state index contributed by atoms with van der Waals surface area (Å²) in [5.74, 6) is -2.15. The molecule has 1 aliphatic carbocycles. The number of carboxylic acids is 1. The molecule has 0 saturated carbocycles. The van der Waals surface area contributed by atoms with Crippen molar-refractivity contribution >= 4 is 29.8 Å². The fraction of sp³-hybridized carbons (Fsp3) is 0.387. The third-order valence-corrected chi connectivity index (χ3v) is 7.35. The van der Waals surface area contributed by atoms with Crippen LogP contribution in [-0.2, 0) is 23.9 Å². The number of unbranched alkanes of at least 4 members (excludes halogenated alkanes) is 3. The number of carbonyl (C=O) groups excluding carboxylic acids is 4. The zero-order valence-corrected chi connectivity index (χ0v) is 22.8. The van der Waals surface area contributed by atoms with Crippen molar-refractivity contribution in [3.8, 4) is 11.1 Å². The summed E-state index contributed by atoms with van der Waals surface area (Å²) in [6, 6.07) is 15.2. The minimum Gasteiger partial charge on any atom is -0.480 e. The SMILES string of the molecule is O=C(CCCCCN1C(=O)C=CC1=O)NC(CCCCNC(=O)OCC1c2ccccc2-c2ccccc21)C(=O)O. The van der Waals surface area contributed by atoms with E-state index >= 15 is 0 Å². The van der Waals surface area contributed by atoms with E-state index < -0.39 is 18.1 Å². The summed E-state index contributed by atoms with van der Waals surface area (Å²) >= 11 is 0. The van der Waals surface area contributed by atoms with Gasteiger partial charge in [-0.25, -0.2) is 9.59 Å². The molecule has 10 nitrogen and oxygen atoms in total. The highest BCUT2D eigenvalue weighted by molar-refractivity contribution is 6.12. The number of rotatable bonds is 15. The molecule has 1 unspecified atom stereocenters. The second-order valence-electron chi connectivity index (χ2n) is 10.2. The van der Waals surface area contributed by atoms with Crippen LogP contribution in [-0.4, -0.2) is 65.5 Å². The van der Waals surface area contributed by atoms with Gasteiger partial charge in [-0.1, -0.05) is 55.0 Å². The maximum Gasteiger partial charge on any atom is 0.407 e. The Labute approximate surface area is 238 Å². The number of nitrogens with zero attached hydrogens (tertiary/aromatic N) is 1. The van der Waals surface area contributed by atoms with Crippen LogP contribution in [0.4, 0.5) is 4.79 Å². The number of amides is 4. The highest BCUT2D eigenvalue weighted by atomic mass is 16.5. The van der Waals surface area contributed by atoms with Gasteiger partial charge in [0.2, 0.25) is 5.91 Å². The smallest absolute Gasteiger partial charge is 0.407 e. The van der Waals surface area contributed by atoms with Crippen LogP contribution in [0.1, 0.15) is 62.0 Å². The molecule has 2 aromatic carbocycles. The van der Waals surface area contributed by atoms with E-state index in [1.54, 1.807) is 0 Å². The van der Waals surface area contributed by atoms with Crippen molar-refractivity contribution in [3.63, 3.8) is 0 Å². The Morgan fingerprint density at radius 1 is 0.854 bits per heavy atom. The second kappa shape index (κ2) is 14.2. The van der Waals surface area contributed by atoms with Gasteiger partial charge in [0.25, 0.3) is 11.8 Å². The maximum atomic E-state index is 12.3. The molecular formula is C31H35N3O7. The molecule has 1 heterocycles. The van der Waals surface area contributed by atoms with Gasteiger partial charge in [0.05, 0.1) is 0 Å². The standard InChI is InChI=1S/C31H35N3O7/c35-27(15-2-1-9-19-34-28(36)16-17-29(34)37)33-26(30(38)39)14-7-8-18-32-31(40)41-20-25-23-12-5-3-10-21(23)22-11-4-6-13-24(22)25/h3-6,10-13,16-17,25-26H,1-2,7-9,14-15,18-20H2,(H,32,40)(H,33,35)(H,38,39). The summed E-state index contributed by atoms with van der Waals surface area (Å²) in [5, 5.41) is 14.8. The average Bonchev–Trinajstić information content (AvgIpc) is 3.46. The third-order valence-electron chi connectivity index (χ3n) is 7.35. The molecular weight excluding hydrogens is 526 g/mol. The lowest BCUT2D eigenvalue weighted by atomic mass is 9.98. The largest absolute Gasteiger partial charge is 0.480 e. The quantitative estimate of drug-likeness (QED) is 0.222. The van der Waals surface area contributed by atoms with Crippen molar-refractivity contribution in [1.82, 2.24) is 15.5 Å². The van der Waals surface area contributed by atoms with Crippen LogP contribution in [0.25, 0.3) is 11.1 Å². The van der Waals surface area contributed by atoms with E-state index in [0.717, 1.165) is 27.2 Å². The van der Waals surface area contributed by atoms with Crippen LogP contribution in [0.3, 0.4) is 0 Å². The highest BCUT2D eigenvalue weighted by Crippen LogP contribution is 2.44. The van der Waals surface area contributed by atoms with E-state index in [1.165, 1.54) is 12.2 Å². The molecule has 0 radical (unpaired) electrons. The Kier molecular flexibility index (Phi) is 10.3. The van der Waals surface area contributed by atoms with Crippen molar-refractivity contribution < 1.29 is 33.8 Å². The van der Waals surface area contributed by atoms with Gasteiger partial charge in [-0.2, -0.15) is 0 Å². The number of benzene rings is 2. The lowest BCUT2D eigenvalue weighted by Crippen LogP contribution is -2.40. The lowest BCUT2D eigenvalue weighted by molar-refractivity contribution is -0.142. The molecule has 216 valence electrons. The monoisotopic (exact) mass is 561 g/mol. The summed E-state index contributed by atoms with van der Waals surface area (Å²) in [6.45, 7) is 0.849. The zero-order valence-electron chi connectivity index (χ0n) is 22.8. The Hall–Kier alpha value is -4.47. The van der Waals surface area contributed by atoms with Gasteiger partial charge >= 0.3 is 12.1 Å². The number of alkyl carbamates (subject to hydrolysis) is 1. The van der Waals surface area contributed by atoms with Gasteiger partial charge in [0, 0.05) is 37.6 Å². The molecule has 1 atom stereocenters. The molecule has 0 fully saturated rings. The molecule has 41 heavy (non-hydrogen) atoms. The Balaban J connectivity index is 1.09. The molecule has 4 rings (SSSR count). The molecule has 0 aromatic heterocycles. The third kappa shape index (κ3) is 7.81. The number of carbonyl (C=O) groups is 5. The zero-order chi connectivity index (χ0) is 29.2. The second-order valence-corrected chi connectivity index (χ2v) is 10.2. The van der Waals surface area contributed by atoms with E-state index in [9.17, 15) is 29.1 Å². The van der Waals surface area contributed by atoms with Gasteiger partial charge in [0.1, 0.15) is 12.6 Å². The maximum absolute atomic E-state index is 12.3. The first-order chi connectivity index (χ1) is 19.8. The normalized spacial score (nSPS) is 14.5. The lowest BCUT2D eigenvalue weighted by Gasteiger charge is -2.16. The van der Waals surface area contributed by atoms with E-state index in [1.807, 2.05) is 24.3 Å². The topological polar surface area (TPSA) is 142 Å². The minimum absolute atomic E-state index is 0.0242. The number of imide groups is 1. The summed E-state index contributed by atoms with van der Waals surface area (Å²) in [5.41, 5.74) is 4.58. The van der Waals surface area contributed by atoms with E-state index in [0.29, 0.717) is 45.2 Å². The van der Waals surface area contributed by atoms with Gasteiger partial charge in [-0.05, 0) is 54.4 Å². The molecule has 1 aliphatic heterocycles. The van der Waals surface area contributed by atoms with Crippen molar-refractivity contribution in [1.29, 1.82) is 0 Å². The highest BCUT2D eigenvalue weighted by Gasteiger charge is 2.29. The Morgan fingerprint density at radius 3 is 2.12 bits per heavy atom. The molecule has 2 aliphatic rings. The predicted molar refractivity (Wildman–Crippen MR) is 151 cm³/mol. The van der Waals surface area contributed by atoms with E-state index in [-0.39, 0.29) is 43.1 Å². The Morgan fingerprint density at radius 2 is 1.49 bits per heavy atom. The Bertz CT molecular complexity index is 1260. The first-order valence-electron chi connectivity index (χ1n) is 14.0. The number of carboxylic acid groups (broad SMARTS) is 1. The van der Waals surface area contributed by atoms with Crippen LogP contribution in [0.5, 0.6) is 0 Å². The molecule has 10 heteroatoms. The van der Waals surface area contributed by atoms with Crippen molar-refractivity contribution in [2.24, 2.45) is 0 Å². The molecule has 0 bridgehead atoms. The summed E-state index contributed by atoms with van der Waals surface area (Å²) < 4.78 is 5.51. The average molecular weight is 562 g/mol. The number of fused-ring (bicyclic) bond motifs is 3. The number of aliphatic carboxylic acids is 1. The molecule has 4 amide bonds. The summed E-state index contributed by atoms with van der Waals surface area (Å²) in [7, 11) is 0. The first kappa shape index (κ1) is 29.5. The van der Waals surface area contributed by atoms with Crippen molar-refractivity contribution in [2.75, 3.05) is 19.7 Å². The minimum atomic E-state index is -1.11. The summed E-state index contributed by atoms with van der Waals surface area (Å²) in [4.78, 5) is 60.3. The van der Waals surface area contributed by atoms with E-state index in [2.05, 4.69) is 34.9 Å². The van der Waals surface area contributed by atoms with Gasteiger partial charge in [-0.3, -0.25) is 19.3 Å². The molecule has 0 saturated heterocycles. The van der Waals surface area contributed by atoms with Gasteiger partial charge in [0.15, 0.2) is 0 Å². The van der Waals surface area contributed by atoms with Gasteiger partial charge in [-0.15, -0.1) is 0 Å². The first-order valence-corrected chi connectivity index (χ1v) is 14.0. The molecule has 3 N–H and O–H groups in total. The fourth-order valence-electron chi connectivity index (χ4n) is 5.22. The fourth-order valence-corrected chi connectivity index (χ4v) is 5.22. The predicted octanol–water partition coefficient (Wildman–Crippen LogP) is 3.75. The van der Waals surface area contributed by atoms with E-state index in [4.69, 9.17) is 4.74 Å². The number of ether oxygens (including phenoxy) is 1. The van der Waals surface area contributed by atoms with Crippen LogP contribution >= 0.6 is 0 Å². The number of nitrogens with one attached hydrogen (secondary N) is 2. The summed E-state index contributed by atoms with van der Waals surface area (Å²) in [6.07, 6.45) is 5.09. The molecule has 2 aromatic rings. The van der Waals surface area contributed by atoms with Crippen LogP contribution in [0.2, 0.25) is 0 Å². The van der Waals surface area contributed by atoms with Crippen molar-refractivity contribution in [2.45, 2.75) is 56.9 Å². The molecule has 0 spiro atoms. The van der Waals surface area contributed by atoms with Crippen LogP contribution < -0.4 is 10.6 Å². The van der Waals surface area contributed by atoms with Crippen LogP contribution in [0.15, 0.2) is 60.7 Å².